The van der Waals surface area contributed by atoms with Gasteiger partial charge < -0.3 is 20.0 Å². The van der Waals surface area contributed by atoms with Crippen LogP contribution in [0.1, 0.15) is 28.7 Å². The molecule has 7 heteroatoms. The van der Waals surface area contributed by atoms with E-state index in [4.69, 9.17) is 4.74 Å². The number of carbonyl (C=O) groups excluding carboxylic acids is 1. The second-order valence-corrected chi connectivity index (χ2v) is 7.43. The molecule has 4 rings (SSSR count). The summed E-state index contributed by atoms with van der Waals surface area (Å²) < 4.78 is 5.36. The first kappa shape index (κ1) is 20.4. The molecule has 1 atom stereocenters. The third kappa shape index (κ3) is 4.66. The molecule has 3 N–H and O–H groups in total. The van der Waals surface area contributed by atoms with Gasteiger partial charge in [0.15, 0.2) is 0 Å². The fraction of sp³-hybridized carbons (Fsp3) is 0.208. The first-order valence-corrected chi connectivity index (χ1v) is 10.1. The summed E-state index contributed by atoms with van der Waals surface area (Å²) in [5.74, 6) is 0.996. The Morgan fingerprint density at radius 2 is 1.90 bits per heavy atom. The molecule has 7 nitrogen and oxygen atoms in total. The number of amides is 1. The van der Waals surface area contributed by atoms with Crippen molar-refractivity contribution in [1.82, 2.24) is 20.3 Å². The van der Waals surface area contributed by atoms with Gasteiger partial charge in [-0.1, -0.05) is 36.4 Å². The lowest BCUT2D eigenvalue weighted by atomic mass is 10.0. The third-order valence-electron chi connectivity index (χ3n) is 5.21. The molecule has 0 radical (unpaired) electrons. The van der Waals surface area contributed by atoms with Crippen molar-refractivity contribution in [3.63, 3.8) is 0 Å². The number of aromatic nitrogens is 3. The van der Waals surface area contributed by atoms with Gasteiger partial charge in [-0.25, -0.2) is 4.98 Å². The van der Waals surface area contributed by atoms with Gasteiger partial charge in [0.2, 0.25) is 5.91 Å². The van der Waals surface area contributed by atoms with Crippen LogP contribution >= 0.6 is 0 Å². The number of nitrogens with zero attached hydrogens (tertiary/aromatic N) is 1. The van der Waals surface area contributed by atoms with Crippen molar-refractivity contribution in [1.29, 1.82) is 0 Å². The second-order valence-electron chi connectivity index (χ2n) is 7.43. The third-order valence-corrected chi connectivity index (χ3v) is 5.21. The Labute approximate surface area is 179 Å². The van der Waals surface area contributed by atoms with Gasteiger partial charge in [0.25, 0.3) is 5.56 Å². The van der Waals surface area contributed by atoms with Gasteiger partial charge in [-0.3, -0.25) is 9.59 Å². The van der Waals surface area contributed by atoms with Gasteiger partial charge >= 0.3 is 0 Å². The largest absolute Gasteiger partial charge is 0.496 e. The van der Waals surface area contributed by atoms with Crippen LogP contribution in [0.4, 0.5) is 0 Å². The highest BCUT2D eigenvalue weighted by Crippen LogP contribution is 2.24. The van der Waals surface area contributed by atoms with Crippen molar-refractivity contribution < 1.29 is 9.53 Å². The Morgan fingerprint density at radius 3 is 2.71 bits per heavy atom. The number of benzene rings is 2. The predicted molar refractivity (Wildman–Crippen MR) is 119 cm³/mol. The summed E-state index contributed by atoms with van der Waals surface area (Å²) in [4.78, 5) is 35.4. The summed E-state index contributed by atoms with van der Waals surface area (Å²) in [5.41, 5.74) is 3.14. The van der Waals surface area contributed by atoms with E-state index >= 15 is 0 Å². The SMILES string of the molecule is COc1ccccc1CC(=O)N[C@@H](Cc1c[nH]c2ccccc12)c1cc(=O)[nH]c(C)n1. The second kappa shape index (κ2) is 8.87. The van der Waals surface area contributed by atoms with Crippen LogP contribution in [-0.4, -0.2) is 28.0 Å². The molecule has 0 bridgehead atoms. The monoisotopic (exact) mass is 416 g/mol. The summed E-state index contributed by atoms with van der Waals surface area (Å²) in [6.07, 6.45) is 2.60. The first-order valence-electron chi connectivity index (χ1n) is 10.1. The molecule has 4 aromatic rings. The molecule has 0 saturated carbocycles. The summed E-state index contributed by atoms with van der Waals surface area (Å²) in [5, 5.41) is 4.14. The van der Waals surface area contributed by atoms with Crippen LogP contribution in [0.3, 0.4) is 0 Å². The molecule has 0 fully saturated rings. The highest BCUT2D eigenvalue weighted by atomic mass is 16.5. The van der Waals surface area contributed by atoms with E-state index in [2.05, 4.69) is 20.3 Å². The maximum Gasteiger partial charge on any atom is 0.251 e. The smallest absolute Gasteiger partial charge is 0.251 e. The van der Waals surface area contributed by atoms with E-state index in [1.165, 1.54) is 6.07 Å². The molecule has 0 aliphatic heterocycles. The molecule has 2 heterocycles. The van der Waals surface area contributed by atoms with Crippen LogP contribution in [0.15, 0.2) is 65.6 Å². The fourth-order valence-corrected chi connectivity index (χ4v) is 3.80. The van der Waals surface area contributed by atoms with Crippen LogP contribution in [0.5, 0.6) is 5.75 Å². The van der Waals surface area contributed by atoms with Crippen LogP contribution in [-0.2, 0) is 17.6 Å². The molecule has 158 valence electrons. The summed E-state index contributed by atoms with van der Waals surface area (Å²) in [7, 11) is 1.58. The Hall–Kier alpha value is -3.87. The molecule has 2 aromatic carbocycles. The van der Waals surface area contributed by atoms with Crippen LogP contribution < -0.4 is 15.6 Å². The van der Waals surface area contributed by atoms with Gasteiger partial charge in [0.1, 0.15) is 11.6 Å². The zero-order valence-corrected chi connectivity index (χ0v) is 17.4. The summed E-state index contributed by atoms with van der Waals surface area (Å²) in [6, 6.07) is 16.4. The highest BCUT2D eigenvalue weighted by Gasteiger charge is 2.20. The number of ether oxygens (including phenoxy) is 1. The molecule has 31 heavy (non-hydrogen) atoms. The maximum absolute atomic E-state index is 12.9. The Bertz CT molecular complexity index is 1280. The number of carbonyl (C=O) groups is 1. The zero-order chi connectivity index (χ0) is 21.8. The lowest BCUT2D eigenvalue weighted by Gasteiger charge is -2.19. The van der Waals surface area contributed by atoms with Gasteiger partial charge in [0, 0.05) is 35.2 Å². The van der Waals surface area contributed by atoms with Gasteiger partial charge in [0.05, 0.1) is 25.3 Å². The summed E-state index contributed by atoms with van der Waals surface area (Å²) >= 11 is 0. The zero-order valence-electron chi connectivity index (χ0n) is 17.4. The van der Waals surface area contributed by atoms with Crippen LogP contribution in [0, 0.1) is 6.92 Å². The topological polar surface area (TPSA) is 99.9 Å². The van der Waals surface area contributed by atoms with E-state index in [9.17, 15) is 9.59 Å². The average molecular weight is 416 g/mol. The van der Waals surface area contributed by atoms with Crippen molar-refractivity contribution in [2.75, 3.05) is 7.11 Å². The number of hydrogen-bond donors (Lipinski definition) is 3. The standard InChI is InChI=1S/C24H24N4O3/c1-15-26-21(13-24(30)27-15)20(11-17-14-25-19-9-5-4-8-18(17)19)28-23(29)12-16-7-3-6-10-22(16)31-2/h3-10,13-14,20,25H,11-12H2,1-2H3,(H,28,29)(H,26,27,30)/t20-/m0/s1. The quantitative estimate of drug-likeness (QED) is 0.431. The number of fused-ring (bicyclic) bond motifs is 1. The number of aryl methyl sites for hydroxylation is 1. The number of methoxy groups -OCH3 is 1. The van der Waals surface area contributed by atoms with Gasteiger partial charge in [-0.15, -0.1) is 0 Å². The molecule has 1 amide bonds. The van der Waals surface area contributed by atoms with E-state index in [1.54, 1.807) is 14.0 Å². The van der Waals surface area contributed by atoms with Crippen molar-refractivity contribution >= 4 is 16.8 Å². The Balaban J connectivity index is 1.63. The van der Waals surface area contributed by atoms with Gasteiger partial charge in [-0.2, -0.15) is 0 Å². The number of hydrogen-bond acceptors (Lipinski definition) is 4. The number of rotatable bonds is 7. The number of para-hydroxylation sites is 2. The molecular formula is C24H24N4O3. The van der Waals surface area contributed by atoms with Gasteiger partial charge in [-0.05, 0) is 24.6 Å². The number of nitrogens with one attached hydrogen (secondary N) is 3. The molecule has 0 aliphatic rings. The first-order chi connectivity index (χ1) is 15.0. The van der Waals surface area contributed by atoms with Crippen molar-refractivity contribution in [3.8, 4) is 5.75 Å². The molecule has 0 unspecified atom stereocenters. The van der Waals surface area contributed by atoms with Crippen molar-refractivity contribution in [3.05, 3.63) is 93.8 Å². The highest BCUT2D eigenvalue weighted by molar-refractivity contribution is 5.83. The molecule has 2 aromatic heterocycles. The molecular weight excluding hydrogens is 392 g/mol. The minimum atomic E-state index is -0.456. The molecule has 0 aliphatic carbocycles. The average Bonchev–Trinajstić information content (AvgIpc) is 3.16. The van der Waals surface area contributed by atoms with Crippen molar-refractivity contribution in [2.24, 2.45) is 0 Å². The minimum Gasteiger partial charge on any atom is -0.496 e. The van der Waals surface area contributed by atoms with Crippen LogP contribution in [0.2, 0.25) is 0 Å². The van der Waals surface area contributed by atoms with Crippen molar-refractivity contribution in [2.45, 2.75) is 25.8 Å². The molecule has 0 saturated heterocycles. The lowest BCUT2D eigenvalue weighted by Crippen LogP contribution is -2.33. The normalized spacial score (nSPS) is 11.9. The van der Waals surface area contributed by atoms with E-state index in [-0.39, 0.29) is 17.9 Å². The maximum atomic E-state index is 12.9. The number of H-pyrrole nitrogens is 2. The summed E-state index contributed by atoms with van der Waals surface area (Å²) in [6.45, 7) is 1.73. The van der Waals surface area contributed by atoms with E-state index in [1.807, 2.05) is 54.7 Å². The molecule has 0 spiro atoms. The fourth-order valence-electron chi connectivity index (χ4n) is 3.80. The Morgan fingerprint density at radius 1 is 1.13 bits per heavy atom. The van der Waals surface area contributed by atoms with E-state index < -0.39 is 6.04 Å². The number of aromatic amines is 2. The lowest BCUT2D eigenvalue weighted by molar-refractivity contribution is -0.121. The van der Waals surface area contributed by atoms with Crippen LogP contribution in [0.25, 0.3) is 10.9 Å². The Kier molecular flexibility index (Phi) is 5.84. The minimum absolute atomic E-state index is 0.163. The predicted octanol–water partition coefficient (Wildman–Crippen LogP) is 3.21. The van der Waals surface area contributed by atoms with E-state index in [0.29, 0.717) is 23.7 Å². The van der Waals surface area contributed by atoms with E-state index in [0.717, 1.165) is 22.0 Å².